The average molecular weight is 150 g/mol. The number of hydrogen-bond acceptors (Lipinski definition) is 0. The maximum atomic E-state index is 2.23. The molecule has 0 aliphatic carbocycles. The fourth-order valence-corrected chi connectivity index (χ4v) is 0.811. The fourth-order valence-electron chi connectivity index (χ4n) is 0.811. The lowest BCUT2D eigenvalue weighted by Crippen LogP contribution is -1.69. The van der Waals surface area contributed by atoms with Gasteiger partial charge in [0, 0.05) is 0 Å². The SMILES string of the molecule is C/C=C/C(C)=C/CC=C(C)C. The van der Waals surface area contributed by atoms with Gasteiger partial charge in [-0.3, -0.25) is 0 Å². The molecule has 0 radical (unpaired) electrons. The summed E-state index contributed by atoms with van der Waals surface area (Å²) in [4.78, 5) is 0. The minimum atomic E-state index is 1.05. The Hall–Kier alpha value is -0.780. The Bertz CT molecular complexity index is 176. The van der Waals surface area contributed by atoms with Gasteiger partial charge in [-0.2, -0.15) is 0 Å². The van der Waals surface area contributed by atoms with E-state index in [9.17, 15) is 0 Å². The van der Waals surface area contributed by atoms with Gasteiger partial charge in [-0.25, -0.2) is 0 Å². The van der Waals surface area contributed by atoms with Crippen molar-refractivity contribution in [3.63, 3.8) is 0 Å². The zero-order chi connectivity index (χ0) is 8.69. The van der Waals surface area contributed by atoms with Crippen molar-refractivity contribution >= 4 is 0 Å². The number of allylic oxidation sites excluding steroid dienone is 6. The molecular formula is C11H18. The summed E-state index contributed by atoms with van der Waals surface area (Å²) in [6.45, 7) is 8.41. The second-order valence-corrected chi connectivity index (χ2v) is 2.97. The first kappa shape index (κ1) is 10.2. The highest BCUT2D eigenvalue weighted by Gasteiger charge is 1.79. The maximum absolute atomic E-state index is 2.23. The van der Waals surface area contributed by atoms with E-state index in [1.54, 1.807) is 0 Å². The van der Waals surface area contributed by atoms with Gasteiger partial charge < -0.3 is 0 Å². The van der Waals surface area contributed by atoms with Gasteiger partial charge in [0.2, 0.25) is 0 Å². The fraction of sp³-hybridized carbons (Fsp3) is 0.455. The molecule has 62 valence electrons. The molecule has 0 atom stereocenters. The molecule has 11 heavy (non-hydrogen) atoms. The third-order valence-corrected chi connectivity index (χ3v) is 1.40. The molecule has 0 spiro atoms. The zero-order valence-electron chi connectivity index (χ0n) is 8.02. The van der Waals surface area contributed by atoms with Crippen molar-refractivity contribution < 1.29 is 0 Å². The van der Waals surface area contributed by atoms with Crippen LogP contribution in [0.25, 0.3) is 0 Å². The normalized spacial score (nSPS) is 12.2. The minimum Gasteiger partial charge on any atom is -0.0874 e. The summed E-state index contributed by atoms with van der Waals surface area (Å²) in [6.07, 6.45) is 9.70. The van der Waals surface area contributed by atoms with E-state index in [4.69, 9.17) is 0 Å². The summed E-state index contributed by atoms with van der Waals surface area (Å²) in [5.74, 6) is 0. The molecule has 0 aromatic heterocycles. The van der Waals surface area contributed by atoms with Gasteiger partial charge in [-0.15, -0.1) is 0 Å². The molecule has 0 aromatic carbocycles. The van der Waals surface area contributed by atoms with Gasteiger partial charge in [0.15, 0.2) is 0 Å². The lowest BCUT2D eigenvalue weighted by molar-refractivity contribution is 1.26. The van der Waals surface area contributed by atoms with E-state index in [1.807, 2.05) is 6.92 Å². The highest BCUT2D eigenvalue weighted by molar-refractivity contribution is 5.16. The van der Waals surface area contributed by atoms with Crippen molar-refractivity contribution in [1.82, 2.24) is 0 Å². The lowest BCUT2D eigenvalue weighted by Gasteiger charge is -1.90. The van der Waals surface area contributed by atoms with Gasteiger partial charge in [0.25, 0.3) is 0 Å². The summed E-state index contributed by atoms with van der Waals surface area (Å²) >= 11 is 0. The first-order chi connectivity index (χ1) is 5.16. The number of rotatable bonds is 3. The monoisotopic (exact) mass is 150 g/mol. The van der Waals surface area contributed by atoms with Crippen molar-refractivity contribution in [1.29, 1.82) is 0 Å². The Morgan fingerprint density at radius 1 is 1.09 bits per heavy atom. The Kier molecular flexibility index (Phi) is 5.54. The molecule has 0 unspecified atom stereocenters. The summed E-state index contributed by atoms with van der Waals surface area (Å²) in [5.41, 5.74) is 2.72. The molecule has 0 aliphatic heterocycles. The van der Waals surface area contributed by atoms with Crippen molar-refractivity contribution in [2.24, 2.45) is 0 Å². The summed E-state index contributed by atoms with van der Waals surface area (Å²) in [5, 5.41) is 0. The molecule has 0 saturated carbocycles. The van der Waals surface area contributed by atoms with E-state index in [0.29, 0.717) is 0 Å². The molecule has 0 heteroatoms. The Morgan fingerprint density at radius 3 is 2.18 bits per heavy atom. The van der Waals surface area contributed by atoms with Crippen LogP contribution in [0, 0.1) is 0 Å². The average Bonchev–Trinajstić information content (AvgIpc) is 1.87. The van der Waals surface area contributed by atoms with E-state index in [1.165, 1.54) is 11.1 Å². The zero-order valence-corrected chi connectivity index (χ0v) is 8.02. The topological polar surface area (TPSA) is 0 Å². The second-order valence-electron chi connectivity index (χ2n) is 2.97. The highest BCUT2D eigenvalue weighted by Crippen LogP contribution is 2.00. The first-order valence-electron chi connectivity index (χ1n) is 4.09. The predicted molar refractivity (Wildman–Crippen MR) is 52.6 cm³/mol. The van der Waals surface area contributed by atoms with Crippen LogP contribution < -0.4 is 0 Å². The molecular weight excluding hydrogens is 132 g/mol. The van der Waals surface area contributed by atoms with E-state index >= 15 is 0 Å². The van der Waals surface area contributed by atoms with Crippen LogP contribution in [-0.4, -0.2) is 0 Å². The Balaban J connectivity index is 3.83. The molecule has 0 heterocycles. The van der Waals surface area contributed by atoms with Gasteiger partial charge >= 0.3 is 0 Å². The molecule has 0 bridgehead atoms. The number of hydrogen-bond donors (Lipinski definition) is 0. The van der Waals surface area contributed by atoms with Gasteiger partial charge in [-0.1, -0.05) is 35.5 Å². The van der Waals surface area contributed by atoms with Crippen LogP contribution in [0.3, 0.4) is 0 Å². The van der Waals surface area contributed by atoms with Gasteiger partial charge in [0.1, 0.15) is 0 Å². The quantitative estimate of drug-likeness (QED) is 0.423. The van der Waals surface area contributed by atoms with Crippen molar-refractivity contribution in [2.45, 2.75) is 34.1 Å². The van der Waals surface area contributed by atoms with Crippen LogP contribution in [0.5, 0.6) is 0 Å². The summed E-state index contributed by atoms with van der Waals surface area (Å²) < 4.78 is 0. The second kappa shape index (κ2) is 5.96. The van der Waals surface area contributed by atoms with Gasteiger partial charge in [-0.05, 0) is 34.1 Å². The Labute approximate surface area is 70.3 Å². The first-order valence-corrected chi connectivity index (χ1v) is 4.09. The van der Waals surface area contributed by atoms with Crippen LogP contribution in [0.2, 0.25) is 0 Å². The van der Waals surface area contributed by atoms with Crippen LogP contribution >= 0.6 is 0 Å². The molecule has 0 saturated heterocycles. The van der Waals surface area contributed by atoms with E-state index in [0.717, 1.165) is 6.42 Å². The molecule has 0 aliphatic rings. The van der Waals surface area contributed by atoms with Crippen LogP contribution in [-0.2, 0) is 0 Å². The Morgan fingerprint density at radius 2 is 1.73 bits per heavy atom. The minimum absolute atomic E-state index is 1.05. The standard InChI is InChI=1S/C11H18/c1-5-7-11(4)9-6-8-10(2)3/h5,7-9H,6H2,1-4H3/b7-5+,11-9+. The van der Waals surface area contributed by atoms with Crippen molar-refractivity contribution in [3.8, 4) is 0 Å². The van der Waals surface area contributed by atoms with E-state index < -0.39 is 0 Å². The van der Waals surface area contributed by atoms with Gasteiger partial charge in [0.05, 0.1) is 0 Å². The molecule has 0 aromatic rings. The smallest absolute Gasteiger partial charge is 0.0161 e. The van der Waals surface area contributed by atoms with Crippen molar-refractivity contribution in [3.05, 3.63) is 35.5 Å². The van der Waals surface area contributed by atoms with Crippen LogP contribution in [0.15, 0.2) is 35.5 Å². The molecule has 0 fully saturated rings. The van der Waals surface area contributed by atoms with Crippen LogP contribution in [0.1, 0.15) is 34.1 Å². The van der Waals surface area contributed by atoms with E-state index in [-0.39, 0.29) is 0 Å². The van der Waals surface area contributed by atoms with Crippen molar-refractivity contribution in [2.75, 3.05) is 0 Å². The molecule has 0 nitrogen and oxygen atoms in total. The highest BCUT2D eigenvalue weighted by atomic mass is 13.9. The third kappa shape index (κ3) is 7.11. The summed E-state index contributed by atoms with van der Waals surface area (Å²) in [7, 11) is 0. The third-order valence-electron chi connectivity index (χ3n) is 1.40. The van der Waals surface area contributed by atoms with Crippen LogP contribution in [0.4, 0.5) is 0 Å². The summed E-state index contributed by atoms with van der Waals surface area (Å²) in [6, 6.07) is 0. The predicted octanol–water partition coefficient (Wildman–Crippen LogP) is 3.87. The molecule has 0 amide bonds. The lowest BCUT2D eigenvalue weighted by atomic mass is 10.2. The molecule has 0 N–H and O–H groups in total. The maximum Gasteiger partial charge on any atom is -0.0161 e. The molecule has 0 rings (SSSR count). The van der Waals surface area contributed by atoms with E-state index in [2.05, 4.69) is 45.1 Å². The largest absolute Gasteiger partial charge is 0.0874 e.